The summed E-state index contributed by atoms with van der Waals surface area (Å²) < 4.78 is 64.0. The Morgan fingerprint density at radius 1 is 0.652 bits per heavy atom. The summed E-state index contributed by atoms with van der Waals surface area (Å²) in [6, 6.07) is 17.6. The maximum Gasteiger partial charge on any atom is 0.297 e. The maximum absolute atomic E-state index is 13.7. The highest BCUT2D eigenvalue weighted by atomic mass is 32.2. The molecule has 6 rings (SSSR count). The number of carbonyl (C=O) groups excluding carboxylic acids is 4. The number of anilines is 1. The highest BCUT2D eigenvalue weighted by molar-refractivity contribution is 7.87. The summed E-state index contributed by atoms with van der Waals surface area (Å²) in [7, 11) is -6.65. The Morgan fingerprint density at radius 2 is 1.17 bits per heavy atom. The molecule has 46 heavy (non-hydrogen) atoms. The van der Waals surface area contributed by atoms with Gasteiger partial charge in [-0.3, -0.25) is 32.8 Å². The summed E-state index contributed by atoms with van der Waals surface area (Å²) in [4.78, 5) is 53.4. The van der Waals surface area contributed by atoms with Crippen molar-refractivity contribution in [1.82, 2.24) is 4.90 Å². The number of hydrogen-bond acceptors (Lipinski definition) is 9. The van der Waals surface area contributed by atoms with E-state index in [2.05, 4.69) is 0 Å². The van der Waals surface area contributed by atoms with E-state index in [1.165, 1.54) is 49.5 Å². The quantitative estimate of drug-likeness (QED) is 0.173. The Balaban J connectivity index is 1.42. The molecule has 0 aliphatic carbocycles. The predicted molar refractivity (Wildman–Crippen MR) is 166 cm³/mol. The predicted octanol–water partition coefficient (Wildman–Crippen LogP) is 4.08. The second kappa shape index (κ2) is 10.8. The van der Waals surface area contributed by atoms with Crippen molar-refractivity contribution in [1.29, 1.82) is 0 Å². The van der Waals surface area contributed by atoms with Gasteiger partial charge in [-0.2, -0.15) is 16.8 Å². The Bertz CT molecular complexity index is 2280. The van der Waals surface area contributed by atoms with Gasteiger partial charge in [0, 0.05) is 12.6 Å². The second-order valence-corrected chi connectivity index (χ2v) is 14.0. The van der Waals surface area contributed by atoms with Crippen molar-refractivity contribution in [3.8, 4) is 22.3 Å². The third-order valence-electron chi connectivity index (χ3n) is 7.91. The molecule has 0 fully saturated rings. The van der Waals surface area contributed by atoms with Crippen LogP contribution in [-0.4, -0.2) is 64.1 Å². The molecule has 2 heterocycles. The summed E-state index contributed by atoms with van der Waals surface area (Å²) in [5, 5.41) is 0. The van der Waals surface area contributed by atoms with E-state index < -0.39 is 54.5 Å². The summed E-state index contributed by atoms with van der Waals surface area (Å²) in [6.45, 7) is 1.70. The van der Waals surface area contributed by atoms with Crippen LogP contribution in [0.15, 0.2) is 77.7 Å². The molecule has 0 saturated carbocycles. The first-order valence-electron chi connectivity index (χ1n) is 13.6. The molecule has 4 aromatic carbocycles. The first-order chi connectivity index (χ1) is 21.6. The van der Waals surface area contributed by atoms with E-state index in [9.17, 15) is 40.6 Å². The molecule has 0 unspecified atom stereocenters. The number of hydrogen-bond donors (Lipinski definition) is 1. The van der Waals surface area contributed by atoms with Crippen molar-refractivity contribution < 1.29 is 44.7 Å². The minimum atomic E-state index is -4.49. The van der Waals surface area contributed by atoms with E-state index in [0.29, 0.717) is 16.7 Å². The smallest absolute Gasteiger partial charge is 0.285 e. The number of rotatable bonds is 7. The van der Waals surface area contributed by atoms with Crippen LogP contribution in [0.4, 0.5) is 5.69 Å². The van der Waals surface area contributed by atoms with Crippen LogP contribution in [0.3, 0.4) is 0 Å². The molecule has 4 amide bonds. The van der Waals surface area contributed by atoms with Crippen LogP contribution < -0.4 is 4.90 Å². The van der Waals surface area contributed by atoms with Crippen LogP contribution in [0.25, 0.3) is 22.3 Å². The lowest BCUT2D eigenvalue weighted by Gasteiger charge is -2.18. The third kappa shape index (κ3) is 5.10. The van der Waals surface area contributed by atoms with Gasteiger partial charge in [-0.05, 0) is 65.6 Å². The minimum absolute atomic E-state index is 0.0263. The van der Waals surface area contributed by atoms with Crippen LogP contribution in [-0.2, 0) is 30.2 Å². The van der Waals surface area contributed by atoms with Crippen molar-refractivity contribution >= 4 is 49.6 Å². The number of aryl methyl sites for hydroxylation is 1. The number of amides is 4. The summed E-state index contributed by atoms with van der Waals surface area (Å²) >= 11 is 0. The summed E-state index contributed by atoms with van der Waals surface area (Å²) in [5.41, 5.74) is 2.53. The van der Waals surface area contributed by atoms with Crippen LogP contribution in [0, 0.1) is 6.92 Å². The normalized spacial score (nSPS) is 14.7. The summed E-state index contributed by atoms with van der Waals surface area (Å²) in [6.07, 6.45) is 0. The number of imide groups is 2. The van der Waals surface area contributed by atoms with Crippen molar-refractivity contribution in [3.63, 3.8) is 0 Å². The van der Waals surface area contributed by atoms with E-state index in [1.54, 1.807) is 31.2 Å². The highest BCUT2D eigenvalue weighted by Gasteiger charge is 2.38. The topological polar surface area (TPSA) is 172 Å². The van der Waals surface area contributed by atoms with E-state index in [4.69, 9.17) is 4.18 Å². The Kier molecular flexibility index (Phi) is 7.28. The molecule has 2 aliphatic heterocycles. The molecule has 234 valence electrons. The molecule has 0 bridgehead atoms. The SMILES string of the molecule is COS(=O)(=O)c1cc(N2C(=O)c3ccc(-c4ccc5c(c4)C(=O)N(C)C5=O)cc3C2=O)ccc1-c1ccc(C)cc1CS(=O)(=O)O. The fourth-order valence-electron chi connectivity index (χ4n) is 5.67. The van der Waals surface area contributed by atoms with Crippen LogP contribution in [0.2, 0.25) is 0 Å². The monoisotopic (exact) mass is 660 g/mol. The zero-order valence-corrected chi connectivity index (χ0v) is 26.1. The van der Waals surface area contributed by atoms with Gasteiger partial charge in [0.2, 0.25) is 0 Å². The molecule has 0 radical (unpaired) electrons. The molecule has 14 heteroatoms. The molecule has 4 aromatic rings. The van der Waals surface area contributed by atoms with Gasteiger partial charge in [-0.1, -0.05) is 42.0 Å². The lowest BCUT2D eigenvalue weighted by molar-refractivity contribution is 0.0692. The molecular formula is C32H24N2O10S2. The first-order valence-corrected chi connectivity index (χ1v) is 16.6. The van der Waals surface area contributed by atoms with Gasteiger partial charge in [-0.15, -0.1) is 0 Å². The molecule has 0 atom stereocenters. The maximum atomic E-state index is 13.7. The lowest BCUT2D eigenvalue weighted by Crippen LogP contribution is -2.29. The Labute approximate surface area is 263 Å². The number of benzene rings is 4. The molecule has 2 aliphatic rings. The van der Waals surface area contributed by atoms with Crippen molar-refractivity contribution in [2.24, 2.45) is 0 Å². The molecule has 12 nitrogen and oxygen atoms in total. The molecule has 0 aromatic heterocycles. The standard InChI is InChI=1S/C32H24N2O10S2/c1-17-4-8-22(20(12-17)16-45(39,40)41)23-11-7-21(15-28(23)46(42,43)44-3)34-31(37)25-10-6-19(14-27(25)32(34)38)18-5-9-24-26(13-18)30(36)33(2)29(24)35/h4-15H,16H2,1-3H3,(H,39,40,41). The van der Waals surface area contributed by atoms with Gasteiger partial charge < -0.3 is 0 Å². The van der Waals surface area contributed by atoms with Gasteiger partial charge in [0.15, 0.2) is 0 Å². The van der Waals surface area contributed by atoms with E-state index in [0.717, 1.165) is 23.0 Å². The zero-order chi connectivity index (χ0) is 33.3. The fraction of sp³-hybridized carbons (Fsp3) is 0.125. The van der Waals surface area contributed by atoms with Crippen LogP contribution >= 0.6 is 0 Å². The molecule has 1 N–H and O–H groups in total. The molecular weight excluding hydrogens is 636 g/mol. The zero-order valence-electron chi connectivity index (χ0n) is 24.5. The van der Waals surface area contributed by atoms with Crippen LogP contribution in [0.5, 0.6) is 0 Å². The number of nitrogens with zero attached hydrogens (tertiary/aromatic N) is 2. The fourth-order valence-corrected chi connectivity index (χ4v) is 7.19. The molecule has 0 saturated heterocycles. The third-order valence-corrected chi connectivity index (χ3v) is 9.90. The average Bonchev–Trinajstić information content (AvgIpc) is 3.39. The van der Waals surface area contributed by atoms with Crippen LogP contribution in [0.1, 0.15) is 52.6 Å². The van der Waals surface area contributed by atoms with E-state index in [1.807, 2.05) is 0 Å². The average molecular weight is 661 g/mol. The van der Waals surface area contributed by atoms with Gasteiger partial charge in [-0.25, -0.2) is 4.90 Å². The number of carbonyl (C=O) groups is 4. The van der Waals surface area contributed by atoms with Gasteiger partial charge in [0.05, 0.1) is 35.1 Å². The van der Waals surface area contributed by atoms with Crippen molar-refractivity contribution in [2.75, 3.05) is 19.1 Å². The van der Waals surface area contributed by atoms with E-state index in [-0.39, 0.29) is 44.6 Å². The van der Waals surface area contributed by atoms with Gasteiger partial charge in [0.1, 0.15) is 10.6 Å². The largest absolute Gasteiger partial charge is 0.297 e. The Morgan fingerprint density at radius 3 is 1.78 bits per heavy atom. The number of fused-ring (bicyclic) bond motifs is 2. The summed E-state index contributed by atoms with van der Waals surface area (Å²) in [5.74, 6) is -3.11. The van der Waals surface area contributed by atoms with Crippen molar-refractivity contribution in [2.45, 2.75) is 17.6 Å². The van der Waals surface area contributed by atoms with Crippen molar-refractivity contribution in [3.05, 3.63) is 106 Å². The lowest BCUT2D eigenvalue weighted by atomic mass is 9.97. The van der Waals surface area contributed by atoms with Gasteiger partial charge >= 0.3 is 0 Å². The van der Waals surface area contributed by atoms with Gasteiger partial charge in [0.25, 0.3) is 43.9 Å². The van der Waals surface area contributed by atoms with E-state index >= 15 is 0 Å². The minimum Gasteiger partial charge on any atom is -0.285 e. The molecule has 0 spiro atoms. The Hall–Kier alpha value is -5.02. The second-order valence-electron chi connectivity index (χ2n) is 10.8. The first kappa shape index (κ1) is 31.0. The highest BCUT2D eigenvalue weighted by Crippen LogP contribution is 2.38.